The van der Waals surface area contributed by atoms with Gasteiger partial charge in [-0.1, -0.05) is 40.6 Å². The number of rotatable bonds is 6. The van der Waals surface area contributed by atoms with Gasteiger partial charge in [-0.2, -0.15) is 0 Å². The molecule has 2 aromatic carbocycles. The quantitative estimate of drug-likeness (QED) is 0.350. The number of amides is 1. The number of carbonyl (C=O) groups is 1. The summed E-state index contributed by atoms with van der Waals surface area (Å²) < 4.78 is 11.7. The number of thiazole rings is 1. The number of anilines is 1. The monoisotopic (exact) mass is 473 g/mol. The molecule has 0 N–H and O–H groups in total. The van der Waals surface area contributed by atoms with Gasteiger partial charge >= 0.3 is 0 Å². The highest BCUT2D eigenvalue weighted by molar-refractivity contribution is 7.22. The van der Waals surface area contributed by atoms with Crippen LogP contribution in [-0.4, -0.2) is 30.1 Å². The van der Waals surface area contributed by atoms with Gasteiger partial charge in [0.1, 0.15) is 21.7 Å². The van der Waals surface area contributed by atoms with Crippen molar-refractivity contribution < 1.29 is 14.3 Å². The van der Waals surface area contributed by atoms with Crippen molar-refractivity contribution in [3.05, 3.63) is 76.0 Å². The number of benzene rings is 2. The van der Waals surface area contributed by atoms with Crippen LogP contribution < -0.4 is 14.4 Å². The summed E-state index contributed by atoms with van der Waals surface area (Å²) in [5.74, 6) is 0.923. The summed E-state index contributed by atoms with van der Waals surface area (Å²) in [6, 6.07) is 13.9. The minimum Gasteiger partial charge on any atom is -0.495 e. The molecule has 2 heterocycles. The maximum Gasteiger partial charge on any atom is 0.261 e. The minimum atomic E-state index is -0.315. The van der Waals surface area contributed by atoms with E-state index in [0.717, 1.165) is 4.70 Å². The number of halogens is 2. The molecule has 0 aliphatic rings. The minimum absolute atomic E-state index is 0.211. The second-order valence-electron chi connectivity index (χ2n) is 6.48. The number of hydrogen-bond donors (Lipinski definition) is 0. The summed E-state index contributed by atoms with van der Waals surface area (Å²) in [5, 5.41) is 1.19. The van der Waals surface area contributed by atoms with Gasteiger partial charge < -0.3 is 9.47 Å². The third kappa shape index (κ3) is 4.30. The number of ether oxygens (including phenoxy) is 2. The van der Waals surface area contributed by atoms with E-state index in [0.29, 0.717) is 38.4 Å². The van der Waals surface area contributed by atoms with Crippen molar-refractivity contribution in [2.24, 2.45) is 0 Å². The first-order valence-electron chi connectivity index (χ1n) is 9.20. The lowest BCUT2D eigenvalue weighted by atomic mass is 10.2. The molecule has 0 radical (unpaired) electrons. The Morgan fingerprint density at radius 1 is 1.06 bits per heavy atom. The Hall–Kier alpha value is -2.87. The summed E-state index contributed by atoms with van der Waals surface area (Å²) in [7, 11) is 3.16. The zero-order valence-corrected chi connectivity index (χ0v) is 19.0. The third-order valence-corrected chi connectivity index (χ3v) is 6.22. The predicted molar refractivity (Wildman–Crippen MR) is 124 cm³/mol. The molecule has 0 saturated heterocycles. The van der Waals surface area contributed by atoms with Crippen molar-refractivity contribution >= 4 is 55.8 Å². The first-order chi connectivity index (χ1) is 15.0. The van der Waals surface area contributed by atoms with Crippen molar-refractivity contribution in [2.45, 2.75) is 6.54 Å². The van der Waals surface area contributed by atoms with Crippen LogP contribution in [0.25, 0.3) is 10.2 Å². The fourth-order valence-electron chi connectivity index (χ4n) is 3.08. The van der Waals surface area contributed by atoms with E-state index in [9.17, 15) is 4.79 Å². The van der Waals surface area contributed by atoms with Crippen molar-refractivity contribution in [3.8, 4) is 11.5 Å². The van der Waals surface area contributed by atoms with E-state index >= 15 is 0 Å². The summed E-state index contributed by atoms with van der Waals surface area (Å²) in [6.45, 7) is 0.211. The fraction of sp³-hybridized carbons (Fsp3) is 0.136. The number of aromatic nitrogens is 2. The SMILES string of the molecule is COc1ccc(OC)c2sc(N(Cc3ccccn3)C(=O)c3ccc(Cl)cc3Cl)nc12. The molecule has 0 fully saturated rings. The van der Waals surface area contributed by atoms with Crippen molar-refractivity contribution in [2.75, 3.05) is 19.1 Å². The predicted octanol–water partition coefficient (Wildman–Crippen LogP) is 5.86. The zero-order valence-electron chi connectivity index (χ0n) is 16.6. The number of methoxy groups -OCH3 is 2. The number of carbonyl (C=O) groups excluding carboxylic acids is 1. The zero-order chi connectivity index (χ0) is 22.0. The summed E-state index contributed by atoms with van der Waals surface area (Å²) in [5.41, 5.74) is 1.64. The normalized spacial score (nSPS) is 10.8. The molecule has 2 aromatic heterocycles. The molecule has 1 amide bonds. The van der Waals surface area contributed by atoms with Crippen LogP contribution in [0.3, 0.4) is 0 Å². The van der Waals surface area contributed by atoms with Gasteiger partial charge in [0.2, 0.25) is 0 Å². The molecule has 9 heteroatoms. The van der Waals surface area contributed by atoms with Gasteiger partial charge in [-0.05, 0) is 42.5 Å². The molecule has 0 atom stereocenters. The van der Waals surface area contributed by atoms with Gasteiger partial charge in [-0.15, -0.1) is 0 Å². The summed E-state index contributed by atoms with van der Waals surface area (Å²) in [4.78, 5) is 24.1. The number of hydrogen-bond acceptors (Lipinski definition) is 6. The Labute approximate surface area is 193 Å². The van der Waals surface area contributed by atoms with Crippen LogP contribution in [0.1, 0.15) is 16.1 Å². The molecule has 0 spiro atoms. The van der Waals surface area contributed by atoms with E-state index in [1.807, 2.05) is 24.3 Å². The summed E-state index contributed by atoms with van der Waals surface area (Å²) in [6.07, 6.45) is 1.68. The van der Waals surface area contributed by atoms with E-state index in [-0.39, 0.29) is 17.5 Å². The maximum absolute atomic E-state index is 13.5. The van der Waals surface area contributed by atoms with Gasteiger partial charge in [0.05, 0.1) is 37.0 Å². The fourth-order valence-corrected chi connectivity index (χ4v) is 4.64. The highest BCUT2D eigenvalue weighted by Gasteiger charge is 2.25. The number of pyridine rings is 1. The summed E-state index contributed by atoms with van der Waals surface area (Å²) >= 11 is 13.7. The largest absolute Gasteiger partial charge is 0.495 e. The van der Waals surface area contributed by atoms with E-state index in [4.69, 9.17) is 37.7 Å². The molecule has 0 unspecified atom stereocenters. The average molecular weight is 474 g/mol. The molecule has 0 saturated carbocycles. The Morgan fingerprint density at radius 3 is 2.52 bits per heavy atom. The third-order valence-electron chi connectivity index (χ3n) is 4.58. The standard InChI is InChI=1S/C22H17Cl2N3O3S/c1-29-17-8-9-18(30-2)20-19(17)26-22(31-20)27(12-14-5-3-4-10-25-14)21(28)15-7-6-13(23)11-16(15)24/h3-11H,12H2,1-2H3. The number of fused-ring (bicyclic) bond motifs is 1. The van der Waals surface area contributed by atoms with Gasteiger partial charge in [-0.3, -0.25) is 14.7 Å². The van der Waals surface area contributed by atoms with Crippen LogP contribution in [0, 0.1) is 0 Å². The Bertz CT molecular complexity index is 1210. The highest BCUT2D eigenvalue weighted by atomic mass is 35.5. The van der Waals surface area contributed by atoms with Crippen LogP contribution in [0.4, 0.5) is 5.13 Å². The molecule has 0 aliphatic carbocycles. The average Bonchev–Trinajstić information content (AvgIpc) is 3.22. The smallest absolute Gasteiger partial charge is 0.261 e. The van der Waals surface area contributed by atoms with Crippen LogP contribution in [0.2, 0.25) is 10.0 Å². The van der Waals surface area contributed by atoms with E-state index in [1.54, 1.807) is 49.6 Å². The Balaban J connectivity index is 1.85. The van der Waals surface area contributed by atoms with Crippen molar-refractivity contribution in [1.82, 2.24) is 9.97 Å². The molecule has 0 aliphatic heterocycles. The lowest BCUT2D eigenvalue weighted by molar-refractivity contribution is 0.0985. The van der Waals surface area contributed by atoms with Gasteiger partial charge in [-0.25, -0.2) is 4.98 Å². The maximum atomic E-state index is 13.5. The topological polar surface area (TPSA) is 64.6 Å². The molecular weight excluding hydrogens is 457 g/mol. The molecule has 4 aromatic rings. The van der Waals surface area contributed by atoms with Crippen LogP contribution >= 0.6 is 34.5 Å². The first kappa shape index (κ1) is 21.4. The van der Waals surface area contributed by atoms with Crippen LogP contribution in [0.5, 0.6) is 11.5 Å². The molecular formula is C22H17Cl2N3O3S. The molecule has 6 nitrogen and oxygen atoms in total. The lowest BCUT2D eigenvalue weighted by Crippen LogP contribution is -2.31. The second-order valence-corrected chi connectivity index (χ2v) is 8.30. The lowest BCUT2D eigenvalue weighted by Gasteiger charge is -2.20. The molecule has 31 heavy (non-hydrogen) atoms. The molecule has 158 valence electrons. The highest BCUT2D eigenvalue weighted by Crippen LogP contribution is 2.41. The van der Waals surface area contributed by atoms with E-state index in [1.165, 1.54) is 11.3 Å². The Morgan fingerprint density at radius 2 is 1.84 bits per heavy atom. The van der Waals surface area contributed by atoms with Gasteiger partial charge in [0.25, 0.3) is 5.91 Å². The van der Waals surface area contributed by atoms with Crippen LogP contribution in [-0.2, 0) is 6.54 Å². The van der Waals surface area contributed by atoms with Crippen molar-refractivity contribution in [3.63, 3.8) is 0 Å². The number of nitrogens with zero attached hydrogens (tertiary/aromatic N) is 3. The van der Waals surface area contributed by atoms with Gasteiger partial charge in [0.15, 0.2) is 5.13 Å². The van der Waals surface area contributed by atoms with E-state index in [2.05, 4.69) is 4.98 Å². The molecule has 4 rings (SSSR count). The first-order valence-corrected chi connectivity index (χ1v) is 10.8. The van der Waals surface area contributed by atoms with Crippen molar-refractivity contribution in [1.29, 1.82) is 0 Å². The van der Waals surface area contributed by atoms with Gasteiger partial charge in [0, 0.05) is 11.2 Å². The second kappa shape index (κ2) is 9.09. The molecule has 0 bridgehead atoms. The Kier molecular flexibility index (Phi) is 6.27. The van der Waals surface area contributed by atoms with E-state index < -0.39 is 0 Å². The van der Waals surface area contributed by atoms with Crippen LogP contribution in [0.15, 0.2) is 54.7 Å².